The maximum atomic E-state index is 13.8. The lowest BCUT2D eigenvalue weighted by Gasteiger charge is -2.12. The standard InChI is InChI=1S/C16H8ClF2N3/c17-12-6-10(4-5-13(12)18)22-15-9(7-20)8-21-16-11(15)2-1-3-14(16)19/h1-6,8H,(H,21,22). The molecule has 0 fully saturated rings. The van der Waals surface area contributed by atoms with E-state index >= 15 is 0 Å². The number of pyridine rings is 1. The average molecular weight is 316 g/mol. The average Bonchev–Trinajstić information content (AvgIpc) is 2.52. The van der Waals surface area contributed by atoms with Crippen LogP contribution in [0.4, 0.5) is 20.2 Å². The molecule has 0 amide bonds. The first-order valence-corrected chi connectivity index (χ1v) is 6.67. The van der Waals surface area contributed by atoms with Crippen molar-refractivity contribution in [3.05, 3.63) is 64.8 Å². The summed E-state index contributed by atoms with van der Waals surface area (Å²) in [7, 11) is 0. The van der Waals surface area contributed by atoms with E-state index < -0.39 is 11.6 Å². The first kappa shape index (κ1) is 14.2. The fraction of sp³-hybridized carbons (Fsp3) is 0. The van der Waals surface area contributed by atoms with Crippen molar-refractivity contribution >= 4 is 33.9 Å². The quantitative estimate of drug-likeness (QED) is 0.740. The Hall–Kier alpha value is -2.71. The first-order chi connectivity index (χ1) is 10.6. The van der Waals surface area contributed by atoms with E-state index in [4.69, 9.17) is 11.6 Å². The molecule has 0 aliphatic rings. The SMILES string of the molecule is N#Cc1cnc2c(F)cccc2c1Nc1ccc(F)c(Cl)c1. The van der Waals surface area contributed by atoms with Crippen LogP contribution >= 0.6 is 11.6 Å². The lowest BCUT2D eigenvalue weighted by atomic mass is 10.1. The molecule has 108 valence electrons. The van der Waals surface area contributed by atoms with Crippen LogP contribution in [-0.4, -0.2) is 4.98 Å². The number of nitrogens with zero attached hydrogens (tertiary/aromatic N) is 2. The largest absolute Gasteiger partial charge is 0.354 e. The van der Waals surface area contributed by atoms with Crippen LogP contribution in [-0.2, 0) is 0 Å². The highest BCUT2D eigenvalue weighted by molar-refractivity contribution is 6.31. The van der Waals surface area contributed by atoms with E-state index in [1.165, 1.54) is 36.5 Å². The number of aromatic nitrogens is 1. The Morgan fingerprint density at radius 3 is 2.68 bits per heavy atom. The molecule has 1 aromatic heterocycles. The van der Waals surface area contributed by atoms with Gasteiger partial charge in [-0.1, -0.05) is 23.7 Å². The van der Waals surface area contributed by atoms with Crippen molar-refractivity contribution in [1.29, 1.82) is 5.26 Å². The Balaban J connectivity index is 2.18. The molecule has 0 aliphatic carbocycles. The number of benzene rings is 2. The van der Waals surface area contributed by atoms with Crippen LogP contribution in [0.15, 0.2) is 42.6 Å². The Morgan fingerprint density at radius 1 is 1.14 bits per heavy atom. The predicted molar refractivity (Wildman–Crippen MR) is 81.1 cm³/mol. The van der Waals surface area contributed by atoms with Gasteiger partial charge in [0.2, 0.25) is 0 Å². The van der Waals surface area contributed by atoms with Crippen LogP contribution in [0, 0.1) is 23.0 Å². The third kappa shape index (κ3) is 2.45. The first-order valence-electron chi connectivity index (χ1n) is 6.29. The Bertz CT molecular complexity index is 919. The molecular weight excluding hydrogens is 308 g/mol. The van der Waals surface area contributed by atoms with Crippen molar-refractivity contribution in [3.63, 3.8) is 0 Å². The second-order valence-electron chi connectivity index (χ2n) is 4.55. The highest BCUT2D eigenvalue weighted by Gasteiger charge is 2.12. The summed E-state index contributed by atoms with van der Waals surface area (Å²) >= 11 is 5.74. The van der Waals surface area contributed by atoms with Crippen LogP contribution in [0.1, 0.15) is 5.56 Å². The summed E-state index contributed by atoms with van der Waals surface area (Å²) in [6.45, 7) is 0. The number of hydrogen-bond donors (Lipinski definition) is 1. The smallest absolute Gasteiger partial charge is 0.149 e. The van der Waals surface area contributed by atoms with E-state index in [0.29, 0.717) is 16.8 Å². The summed E-state index contributed by atoms with van der Waals surface area (Å²) in [5.74, 6) is -1.03. The molecule has 0 atom stereocenters. The monoisotopic (exact) mass is 315 g/mol. The fourth-order valence-corrected chi connectivity index (χ4v) is 2.31. The van der Waals surface area contributed by atoms with Gasteiger partial charge in [-0.05, 0) is 24.3 Å². The number of halogens is 3. The Kier molecular flexibility index (Phi) is 3.61. The van der Waals surface area contributed by atoms with E-state index in [-0.39, 0.29) is 16.1 Å². The molecule has 2 aromatic carbocycles. The zero-order valence-corrected chi connectivity index (χ0v) is 11.8. The second-order valence-corrected chi connectivity index (χ2v) is 4.96. The number of anilines is 2. The number of fused-ring (bicyclic) bond motifs is 1. The maximum Gasteiger partial charge on any atom is 0.149 e. The summed E-state index contributed by atoms with van der Waals surface area (Å²) < 4.78 is 27.0. The molecule has 1 heterocycles. The van der Waals surface area contributed by atoms with E-state index in [0.717, 1.165) is 0 Å². The predicted octanol–water partition coefficient (Wildman–Crippen LogP) is 4.78. The van der Waals surface area contributed by atoms with Crippen molar-refractivity contribution in [2.75, 3.05) is 5.32 Å². The molecule has 3 aromatic rings. The number of rotatable bonds is 2. The molecule has 3 rings (SSSR count). The van der Waals surface area contributed by atoms with E-state index in [1.807, 2.05) is 6.07 Å². The molecular formula is C16H8ClF2N3. The van der Waals surface area contributed by atoms with Crippen LogP contribution < -0.4 is 5.32 Å². The van der Waals surface area contributed by atoms with Crippen molar-refractivity contribution in [3.8, 4) is 6.07 Å². The summed E-state index contributed by atoms with van der Waals surface area (Å²) in [4.78, 5) is 3.96. The minimum absolute atomic E-state index is 0.0481. The third-order valence-electron chi connectivity index (χ3n) is 3.16. The molecule has 3 nitrogen and oxygen atoms in total. The van der Waals surface area contributed by atoms with Crippen LogP contribution in [0.2, 0.25) is 5.02 Å². The topological polar surface area (TPSA) is 48.7 Å². The Morgan fingerprint density at radius 2 is 1.95 bits per heavy atom. The number of nitrogens with one attached hydrogen (secondary N) is 1. The maximum absolute atomic E-state index is 13.8. The minimum atomic E-state index is -0.543. The van der Waals surface area contributed by atoms with Crippen LogP contribution in [0.25, 0.3) is 10.9 Å². The molecule has 0 radical (unpaired) electrons. The van der Waals surface area contributed by atoms with Gasteiger partial charge in [0.15, 0.2) is 0 Å². The summed E-state index contributed by atoms with van der Waals surface area (Å²) in [6.07, 6.45) is 1.29. The molecule has 0 saturated heterocycles. The van der Waals surface area contributed by atoms with Crippen molar-refractivity contribution in [1.82, 2.24) is 4.98 Å². The highest BCUT2D eigenvalue weighted by atomic mass is 35.5. The molecule has 0 unspecified atom stereocenters. The lowest BCUT2D eigenvalue weighted by molar-refractivity contribution is 0.628. The second kappa shape index (κ2) is 5.58. The minimum Gasteiger partial charge on any atom is -0.354 e. The van der Waals surface area contributed by atoms with E-state index in [9.17, 15) is 14.0 Å². The van der Waals surface area contributed by atoms with Gasteiger partial charge >= 0.3 is 0 Å². The number of hydrogen-bond acceptors (Lipinski definition) is 3. The van der Waals surface area contributed by atoms with Gasteiger partial charge < -0.3 is 5.32 Å². The summed E-state index contributed by atoms with van der Waals surface area (Å²) in [5, 5.41) is 12.6. The Labute approximate surface area is 129 Å². The molecule has 6 heteroatoms. The van der Waals surface area contributed by atoms with Crippen LogP contribution in [0.5, 0.6) is 0 Å². The number of nitriles is 1. The summed E-state index contributed by atoms with van der Waals surface area (Å²) in [5.41, 5.74) is 1.28. The molecule has 22 heavy (non-hydrogen) atoms. The zero-order chi connectivity index (χ0) is 15.7. The van der Waals surface area contributed by atoms with Gasteiger partial charge in [-0.15, -0.1) is 0 Å². The lowest BCUT2D eigenvalue weighted by Crippen LogP contribution is -1.98. The van der Waals surface area contributed by atoms with Gasteiger partial charge in [-0.3, -0.25) is 4.98 Å². The summed E-state index contributed by atoms with van der Waals surface area (Å²) in [6, 6.07) is 10.6. The molecule has 0 aliphatic heterocycles. The van der Waals surface area contributed by atoms with E-state index in [2.05, 4.69) is 10.3 Å². The molecule has 0 bridgehead atoms. The van der Waals surface area contributed by atoms with Gasteiger partial charge in [-0.25, -0.2) is 8.78 Å². The highest BCUT2D eigenvalue weighted by Crippen LogP contribution is 2.31. The zero-order valence-electron chi connectivity index (χ0n) is 11.1. The van der Waals surface area contributed by atoms with Gasteiger partial charge in [0.1, 0.15) is 23.2 Å². The molecule has 0 saturated carbocycles. The van der Waals surface area contributed by atoms with Gasteiger partial charge in [0.05, 0.1) is 16.3 Å². The van der Waals surface area contributed by atoms with Crippen molar-refractivity contribution in [2.24, 2.45) is 0 Å². The normalized spacial score (nSPS) is 10.5. The third-order valence-corrected chi connectivity index (χ3v) is 3.45. The van der Waals surface area contributed by atoms with Crippen molar-refractivity contribution < 1.29 is 8.78 Å². The van der Waals surface area contributed by atoms with Gasteiger partial charge in [0, 0.05) is 17.3 Å². The van der Waals surface area contributed by atoms with Gasteiger partial charge in [-0.2, -0.15) is 5.26 Å². The van der Waals surface area contributed by atoms with Crippen molar-refractivity contribution in [2.45, 2.75) is 0 Å². The van der Waals surface area contributed by atoms with E-state index in [1.54, 1.807) is 6.07 Å². The molecule has 1 N–H and O–H groups in total. The van der Waals surface area contributed by atoms with Crippen LogP contribution in [0.3, 0.4) is 0 Å². The number of para-hydroxylation sites is 1. The fourth-order valence-electron chi connectivity index (χ4n) is 2.12. The van der Waals surface area contributed by atoms with Gasteiger partial charge in [0.25, 0.3) is 0 Å². The molecule has 0 spiro atoms.